The van der Waals surface area contributed by atoms with Crippen molar-refractivity contribution in [3.05, 3.63) is 48.2 Å². The molecule has 0 aliphatic carbocycles. The van der Waals surface area contributed by atoms with Crippen molar-refractivity contribution in [1.82, 2.24) is 10.2 Å². The Hall–Kier alpha value is -2.10. The maximum atomic E-state index is 11.5. The monoisotopic (exact) mass is 244 g/mol. The highest BCUT2D eigenvalue weighted by Gasteiger charge is 2.17. The molecule has 1 saturated heterocycles. The average Bonchev–Trinajstić information content (AvgIpc) is 2.81. The van der Waals surface area contributed by atoms with Crippen molar-refractivity contribution in [1.29, 1.82) is 0 Å². The van der Waals surface area contributed by atoms with Crippen LogP contribution in [0.2, 0.25) is 0 Å². The van der Waals surface area contributed by atoms with Crippen molar-refractivity contribution >= 4 is 11.8 Å². The van der Waals surface area contributed by atoms with E-state index in [4.69, 9.17) is 0 Å². The number of carbonyl (C=O) groups excluding carboxylic acids is 2. The zero-order valence-electron chi connectivity index (χ0n) is 10.1. The van der Waals surface area contributed by atoms with Crippen molar-refractivity contribution in [2.24, 2.45) is 0 Å². The predicted molar refractivity (Wildman–Crippen MR) is 68.4 cm³/mol. The van der Waals surface area contributed by atoms with Crippen LogP contribution in [0, 0.1) is 0 Å². The number of hydrogen-bond acceptors (Lipinski definition) is 2. The molecule has 0 unspecified atom stereocenters. The summed E-state index contributed by atoms with van der Waals surface area (Å²) in [6.07, 6.45) is 4.42. The summed E-state index contributed by atoms with van der Waals surface area (Å²) in [4.78, 5) is 24.4. The number of benzene rings is 1. The summed E-state index contributed by atoms with van der Waals surface area (Å²) < 4.78 is 0. The number of rotatable bonds is 4. The van der Waals surface area contributed by atoms with Crippen molar-refractivity contribution in [2.75, 3.05) is 6.54 Å². The van der Waals surface area contributed by atoms with Gasteiger partial charge in [-0.2, -0.15) is 0 Å². The van der Waals surface area contributed by atoms with Crippen molar-refractivity contribution in [3.63, 3.8) is 0 Å². The normalized spacial score (nSPS) is 15.3. The highest BCUT2D eigenvalue weighted by Crippen LogP contribution is 2.09. The molecule has 1 aliphatic rings. The van der Waals surface area contributed by atoms with E-state index < -0.39 is 0 Å². The van der Waals surface area contributed by atoms with E-state index in [1.807, 2.05) is 30.3 Å². The third-order valence-corrected chi connectivity index (χ3v) is 2.83. The molecule has 0 spiro atoms. The van der Waals surface area contributed by atoms with Crippen molar-refractivity contribution < 1.29 is 9.59 Å². The first kappa shape index (κ1) is 12.4. The topological polar surface area (TPSA) is 49.4 Å². The van der Waals surface area contributed by atoms with Crippen LogP contribution < -0.4 is 5.32 Å². The van der Waals surface area contributed by atoms with Crippen LogP contribution in [0.15, 0.2) is 42.6 Å². The molecule has 2 rings (SSSR count). The summed E-state index contributed by atoms with van der Waals surface area (Å²) in [5.41, 5.74) is 1.05. The lowest BCUT2D eigenvalue weighted by atomic mass is 10.2. The summed E-state index contributed by atoms with van der Waals surface area (Å²) in [6.45, 7) is 1.21. The van der Waals surface area contributed by atoms with Gasteiger partial charge in [0.05, 0.1) is 0 Å². The van der Waals surface area contributed by atoms with E-state index in [2.05, 4.69) is 5.32 Å². The van der Waals surface area contributed by atoms with E-state index in [1.165, 1.54) is 6.08 Å². The molecule has 1 aromatic carbocycles. The molecule has 1 aliphatic heterocycles. The van der Waals surface area contributed by atoms with Gasteiger partial charge in [0.1, 0.15) is 0 Å². The van der Waals surface area contributed by atoms with Gasteiger partial charge in [-0.05, 0) is 12.0 Å². The Morgan fingerprint density at radius 2 is 2.11 bits per heavy atom. The van der Waals surface area contributed by atoms with Gasteiger partial charge in [-0.3, -0.25) is 9.59 Å². The Labute approximate surface area is 106 Å². The molecule has 1 heterocycles. The Bertz CT molecular complexity index is 454. The zero-order valence-corrected chi connectivity index (χ0v) is 10.1. The summed E-state index contributed by atoms with van der Waals surface area (Å²) >= 11 is 0. The summed E-state index contributed by atoms with van der Waals surface area (Å²) in [7, 11) is 0. The molecule has 0 saturated carbocycles. The van der Waals surface area contributed by atoms with Crippen LogP contribution >= 0.6 is 0 Å². The minimum absolute atomic E-state index is 0.0853. The molecule has 0 bridgehead atoms. The fourth-order valence-electron chi connectivity index (χ4n) is 1.83. The third kappa shape index (κ3) is 3.45. The number of carbonyl (C=O) groups is 2. The molecule has 0 atom stereocenters. The molecule has 0 aromatic heterocycles. The summed E-state index contributed by atoms with van der Waals surface area (Å²) in [5, 5.41) is 2.77. The number of hydrogen-bond donors (Lipinski definition) is 1. The minimum Gasteiger partial charge on any atom is -0.348 e. The molecule has 94 valence electrons. The first-order valence-electron chi connectivity index (χ1n) is 6.05. The second-order valence-corrected chi connectivity index (χ2v) is 4.21. The van der Waals surface area contributed by atoms with Gasteiger partial charge in [0.2, 0.25) is 11.8 Å². The molecule has 1 aromatic rings. The molecular weight excluding hydrogens is 228 g/mol. The van der Waals surface area contributed by atoms with Gasteiger partial charge >= 0.3 is 0 Å². The van der Waals surface area contributed by atoms with E-state index in [9.17, 15) is 9.59 Å². The maximum absolute atomic E-state index is 11.5. The number of amides is 2. The van der Waals surface area contributed by atoms with E-state index >= 15 is 0 Å². The standard InChI is InChI=1S/C14H16N2O2/c17-13(8-10-16-9-4-7-14(16)18)15-11-12-5-2-1-3-6-12/h1-3,5-6,8,10H,4,7,9,11H2,(H,15,17)/b10-8+. The van der Waals surface area contributed by atoms with E-state index in [0.29, 0.717) is 19.5 Å². The zero-order chi connectivity index (χ0) is 12.8. The third-order valence-electron chi connectivity index (χ3n) is 2.83. The van der Waals surface area contributed by atoms with Crippen LogP contribution in [0.4, 0.5) is 0 Å². The van der Waals surface area contributed by atoms with Gasteiger partial charge in [-0.1, -0.05) is 30.3 Å². The minimum atomic E-state index is -0.182. The average molecular weight is 244 g/mol. The number of nitrogens with one attached hydrogen (secondary N) is 1. The van der Waals surface area contributed by atoms with Crippen LogP contribution in [0.3, 0.4) is 0 Å². The van der Waals surface area contributed by atoms with Gasteiger partial charge in [0, 0.05) is 31.8 Å². The Morgan fingerprint density at radius 1 is 1.33 bits per heavy atom. The molecule has 18 heavy (non-hydrogen) atoms. The molecule has 2 amide bonds. The van der Waals surface area contributed by atoms with Crippen LogP contribution in [0.5, 0.6) is 0 Å². The van der Waals surface area contributed by atoms with Gasteiger partial charge < -0.3 is 10.2 Å². The van der Waals surface area contributed by atoms with Crippen molar-refractivity contribution in [3.8, 4) is 0 Å². The molecule has 1 fully saturated rings. The molecule has 1 N–H and O–H groups in total. The van der Waals surface area contributed by atoms with E-state index in [1.54, 1.807) is 11.1 Å². The highest BCUT2D eigenvalue weighted by molar-refractivity contribution is 5.88. The predicted octanol–water partition coefficient (Wildman–Crippen LogP) is 1.44. The summed E-state index contributed by atoms with van der Waals surface area (Å²) in [5.74, 6) is -0.0966. The van der Waals surface area contributed by atoms with Crippen LogP contribution in [0.1, 0.15) is 18.4 Å². The molecule has 4 nitrogen and oxygen atoms in total. The molecular formula is C14H16N2O2. The van der Waals surface area contributed by atoms with Crippen LogP contribution in [-0.2, 0) is 16.1 Å². The second kappa shape index (κ2) is 6.00. The smallest absolute Gasteiger partial charge is 0.245 e. The van der Waals surface area contributed by atoms with E-state index in [0.717, 1.165) is 12.0 Å². The Kier molecular flexibility index (Phi) is 4.12. The van der Waals surface area contributed by atoms with E-state index in [-0.39, 0.29) is 11.8 Å². The van der Waals surface area contributed by atoms with Gasteiger partial charge in [-0.15, -0.1) is 0 Å². The van der Waals surface area contributed by atoms with Crippen LogP contribution in [-0.4, -0.2) is 23.3 Å². The second-order valence-electron chi connectivity index (χ2n) is 4.21. The first-order valence-corrected chi connectivity index (χ1v) is 6.05. The Balaban J connectivity index is 1.78. The lowest BCUT2D eigenvalue weighted by Gasteiger charge is -2.08. The molecule has 4 heteroatoms. The largest absolute Gasteiger partial charge is 0.348 e. The summed E-state index contributed by atoms with van der Waals surface area (Å²) in [6, 6.07) is 9.70. The Morgan fingerprint density at radius 3 is 2.78 bits per heavy atom. The maximum Gasteiger partial charge on any atom is 0.245 e. The van der Waals surface area contributed by atoms with Crippen molar-refractivity contribution in [2.45, 2.75) is 19.4 Å². The van der Waals surface area contributed by atoms with Gasteiger partial charge in [-0.25, -0.2) is 0 Å². The fourth-order valence-corrected chi connectivity index (χ4v) is 1.83. The fraction of sp³-hybridized carbons (Fsp3) is 0.286. The molecule has 0 radical (unpaired) electrons. The number of nitrogens with zero attached hydrogens (tertiary/aromatic N) is 1. The SMILES string of the molecule is O=C(/C=C/N1CCCC1=O)NCc1ccccc1. The lowest BCUT2D eigenvalue weighted by molar-refractivity contribution is -0.125. The van der Waals surface area contributed by atoms with Gasteiger partial charge in [0.25, 0.3) is 0 Å². The highest BCUT2D eigenvalue weighted by atomic mass is 16.2. The lowest BCUT2D eigenvalue weighted by Crippen LogP contribution is -2.23. The quantitative estimate of drug-likeness (QED) is 0.815. The first-order chi connectivity index (χ1) is 8.75. The number of likely N-dealkylation sites (tertiary alicyclic amines) is 1. The van der Waals surface area contributed by atoms with Gasteiger partial charge in [0.15, 0.2) is 0 Å². The van der Waals surface area contributed by atoms with Crippen LogP contribution in [0.25, 0.3) is 0 Å².